The maximum Gasteiger partial charge on any atom is 0.0645 e. The van der Waals surface area contributed by atoms with Crippen LogP contribution in [0.1, 0.15) is 24.2 Å². The summed E-state index contributed by atoms with van der Waals surface area (Å²) in [5, 5.41) is 4.37. The van der Waals surface area contributed by atoms with Gasteiger partial charge >= 0.3 is 0 Å². The van der Waals surface area contributed by atoms with E-state index in [0.717, 1.165) is 25.0 Å². The lowest BCUT2D eigenvalue weighted by Crippen LogP contribution is -2.24. The fraction of sp³-hybridized carbons (Fsp3) is 0.667. The minimum atomic E-state index is 0.0841. The van der Waals surface area contributed by atoms with Crippen molar-refractivity contribution < 1.29 is 0 Å². The summed E-state index contributed by atoms with van der Waals surface area (Å²) in [7, 11) is 1.97. The fourth-order valence-electron chi connectivity index (χ4n) is 1.42. The Morgan fingerprint density at radius 1 is 1.67 bits per heavy atom. The van der Waals surface area contributed by atoms with Crippen molar-refractivity contribution in [3.8, 4) is 0 Å². The van der Waals surface area contributed by atoms with Gasteiger partial charge in [0.15, 0.2) is 0 Å². The molecule has 0 aliphatic heterocycles. The molecular formula is C9H15N3. The summed E-state index contributed by atoms with van der Waals surface area (Å²) in [6.07, 6.45) is 3.25. The third-order valence-corrected chi connectivity index (χ3v) is 2.59. The Morgan fingerprint density at radius 3 is 2.75 bits per heavy atom. The second kappa shape index (κ2) is 2.33. The molecule has 2 N–H and O–H groups in total. The summed E-state index contributed by atoms with van der Waals surface area (Å²) < 4.78 is 1.90. The number of hydrogen-bond donors (Lipinski definition) is 1. The van der Waals surface area contributed by atoms with E-state index >= 15 is 0 Å². The molecule has 3 heteroatoms. The SMILES string of the molecule is Cc1cc(CC2(N)CC2)nn1C. The minimum Gasteiger partial charge on any atom is -0.325 e. The molecule has 2 rings (SSSR count). The van der Waals surface area contributed by atoms with Crippen molar-refractivity contribution in [2.75, 3.05) is 0 Å². The van der Waals surface area contributed by atoms with Gasteiger partial charge in [-0.25, -0.2) is 0 Å². The van der Waals surface area contributed by atoms with E-state index < -0.39 is 0 Å². The summed E-state index contributed by atoms with van der Waals surface area (Å²) >= 11 is 0. The van der Waals surface area contributed by atoms with E-state index in [-0.39, 0.29) is 5.54 Å². The highest BCUT2D eigenvalue weighted by Crippen LogP contribution is 2.35. The van der Waals surface area contributed by atoms with E-state index in [1.165, 1.54) is 5.69 Å². The van der Waals surface area contributed by atoms with Gasteiger partial charge in [-0.05, 0) is 25.8 Å². The van der Waals surface area contributed by atoms with Crippen molar-refractivity contribution in [1.29, 1.82) is 0 Å². The monoisotopic (exact) mass is 165 g/mol. The van der Waals surface area contributed by atoms with Crippen LogP contribution in [0.5, 0.6) is 0 Å². The van der Waals surface area contributed by atoms with E-state index in [4.69, 9.17) is 5.73 Å². The number of aromatic nitrogens is 2. The molecule has 1 heterocycles. The molecule has 12 heavy (non-hydrogen) atoms. The van der Waals surface area contributed by atoms with Crippen LogP contribution in [0.15, 0.2) is 6.07 Å². The molecule has 3 nitrogen and oxygen atoms in total. The zero-order valence-electron chi connectivity index (χ0n) is 7.67. The van der Waals surface area contributed by atoms with Crippen molar-refractivity contribution in [2.24, 2.45) is 12.8 Å². The molecular weight excluding hydrogens is 150 g/mol. The molecule has 1 saturated carbocycles. The van der Waals surface area contributed by atoms with Crippen molar-refractivity contribution in [3.63, 3.8) is 0 Å². The first-order valence-electron chi connectivity index (χ1n) is 4.37. The molecule has 1 aromatic heterocycles. The standard InChI is InChI=1S/C9H15N3/c1-7-5-8(11-12(7)2)6-9(10)3-4-9/h5H,3-4,6,10H2,1-2H3. The predicted octanol–water partition coefficient (Wildman–Crippen LogP) is 0.762. The van der Waals surface area contributed by atoms with E-state index in [0.29, 0.717) is 0 Å². The van der Waals surface area contributed by atoms with Crippen molar-refractivity contribution in [2.45, 2.75) is 31.7 Å². The summed E-state index contributed by atoms with van der Waals surface area (Å²) in [5.74, 6) is 0. The van der Waals surface area contributed by atoms with Crippen LogP contribution < -0.4 is 5.73 Å². The topological polar surface area (TPSA) is 43.8 Å². The highest BCUT2D eigenvalue weighted by molar-refractivity contribution is 5.15. The van der Waals surface area contributed by atoms with Gasteiger partial charge < -0.3 is 5.73 Å². The molecule has 0 spiro atoms. The highest BCUT2D eigenvalue weighted by Gasteiger charge is 2.38. The molecule has 0 amide bonds. The van der Waals surface area contributed by atoms with Crippen LogP contribution in [0.25, 0.3) is 0 Å². The van der Waals surface area contributed by atoms with Gasteiger partial charge in [-0.1, -0.05) is 0 Å². The van der Waals surface area contributed by atoms with Crippen LogP contribution in [0.2, 0.25) is 0 Å². The lowest BCUT2D eigenvalue weighted by molar-refractivity contribution is 0.638. The number of rotatable bonds is 2. The summed E-state index contributed by atoms with van der Waals surface area (Å²) in [6.45, 7) is 2.06. The first-order valence-corrected chi connectivity index (χ1v) is 4.37. The summed E-state index contributed by atoms with van der Waals surface area (Å²) in [5.41, 5.74) is 8.41. The van der Waals surface area contributed by atoms with Crippen LogP contribution >= 0.6 is 0 Å². The lowest BCUT2D eigenvalue weighted by atomic mass is 10.1. The van der Waals surface area contributed by atoms with E-state index in [1.54, 1.807) is 0 Å². The third-order valence-electron chi connectivity index (χ3n) is 2.59. The number of nitrogens with zero attached hydrogens (tertiary/aromatic N) is 2. The van der Waals surface area contributed by atoms with Gasteiger partial charge in [-0.3, -0.25) is 4.68 Å². The van der Waals surface area contributed by atoms with Crippen molar-refractivity contribution in [1.82, 2.24) is 9.78 Å². The smallest absolute Gasteiger partial charge is 0.0645 e. The molecule has 0 radical (unpaired) electrons. The first kappa shape index (κ1) is 7.80. The zero-order chi connectivity index (χ0) is 8.77. The molecule has 1 aromatic rings. The quantitative estimate of drug-likeness (QED) is 0.703. The van der Waals surface area contributed by atoms with E-state index in [1.807, 2.05) is 11.7 Å². The van der Waals surface area contributed by atoms with Gasteiger partial charge in [0.1, 0.15) is 0 Å². The third kappa shape index (κ3) is 1.37. The molecule has 66 valence electrons. The largest absolute Gasteiger partial charge is 0.325 e. The average molecular weight is 165 g/mol. The van der Waals surface area contributed by atoms with Gasteiger partial charge in [0.05, 0.1) is 5.69 Å². The Morgan fingerprint density at radius 2 is 2.33 bits per heavy atom. The molecule has 0 unspecified atom stereocenters. The Kier molecular flexibility index (Phi) is 1.51. The average Bonchev–Trinajstić information content (AvgIpc) is 2.59. The molecule has 0 saturated heterocycles. The van der Waals surface area contributed by atoms with Crippen LogP contribution in [-0.2, 0) is 13.5 Å². The van der Waals surface area contributed by atoms with Crippen LogP contribution in [-0.4, -0.2) is 15.3 Å². The van der Waals surface area contributed by atoms with Crippen LogP contribution in [0.3, 0.4) is 0 Å². The Hall–Kier alpha value is -0.830. The molecule has 1 fully saturated rings. The van der Waals surface area contributed by atoms with Gasteiger partial charge in [-0.2, -0.15) is 5.10 Å². The Bertz CT molecular complexity index is 277. The van der Waals surface area contributed by atoms with Gasteiger partial charge in [-0.15, -0.1) is 0 Å². The maximum absolute atomic E-state index is 5.99. The van der Waals surface area contributed by atoms with Gasteiger partial charge in [0, 0.05) is 24.7 Å². The highest BCUT2D eigenvalue weighted by atomic mass is 15.3. The summed E-state index contributed by atoms with van der Waals surface area (Å²) in [4.78, 5) is 0. The first-order chi connectivity index (χ1) is 5.59. The number of nitrogens with two attached hydrogens (primary N) is 1. The second-order valence-electron chi connectivity index (χ2n) is 3.94. The van der Waals surface area contributed by atoms with Gasteiger partial charge in [0.2, 0.25) is 0 Å². The molecule has 1 aliphatic rings. The van der Waals surface area contributed by atoms with Crippen LogP contribution in [0.4, 0.5) is 0 Å². The summed E-state index contributed by atoms with van der Waals surface area (Å²) in [6, 6.07) is 2.12. The number of hydrogen-bond acceptors (Lipinski definition) is 2. The Balaban J connectivity index is 2.13. The molecule has 0 aromatic carbocycles. The lowest BCUT2D eigenvalue weighted by Gasteiger charge is -2.03. The van der Waals surface area contributed by atoms with Crippen molar-refractivity contribution in [3.05, 3.63) is 17.5 Å². The van der Waals surface area contributed by atoms with E-state index in [2.05, 4.69) is 18.1 Å². The fourth-order valence-corrected chi connectivity index (χ4v) is 1.42. The predicted molar refractivity (Wildman–Crippen MR) is 47.8 cm³/mol. The zero-order valence-corrected chi connectivity index (χ0v) is 7.67. The number of aryl methyl sites for hydroxylation is 2. The maximum atomic E-state index is 5.99. The Labute approximate surface area is 72.6 Å². The molecule has 0 bridgehead atoms. The van der Waals surface area contributed by atoms with E-state index in [9.17, 15) is 0 Å². The van der Waals surface area contributed by atoms with Crippen LogP contribution in [0, 0.1) is 6.92 Å². The normalized spacial score (nSPS) is 19.6. The van der Waals surface area contributed by atoms with Gasteiger partial charge in [0.25, 0.3) is 0 Å². The minimum absolute atomic E-state index is 0.0841. The van der Waals surface area contributed by atoms with Crippen molar-refractivity contribution >= 4 is 0 Å². The molecule has 0 atom stereocenters. The second-order valence-corrected chi connectivity index (χ2v) is 3.94. The molecule has 1 aliphatic carbocycles.